The maximum Gasteiger partial charge on any atom is 0.323 e. The summed E-state index contributed by atoms with van der Waals surface area (Å²) in [5, 5.41) is 12.1. The number of hydrogen-bond acceptors (Lipinski definition) is 2. The van der Waals surface area contributed by atoms with Gasteiger partial charge in [0.05, 0.1) is 0 Å². The van der Waals surface area contributed by atoms with Gasteiger partial charge in [-0.3, -0.25) is 4.79 Å². The van der Waals surface area contributed by atoms with Crippen LogP contribution in [0.4, 0.5) is 4.79 Å². The summed E-state index contributed by atoms with van der Waals surface area (Å²) in [6.07, 6.45) is 8.45. The third kappa shape index (κ3) is 4.12. The minimum Gasteiger partial charge on any atom is -0.480 e. The van der Waals surface area contributed by atoms with E-state index in [1.54, 1.807) is 0 Å². The van der Waals surface area contributed by atoms with E-state index in [0.29, 0.717) is 5.92 Å². The molecule has 5 heteroatoms. The quantitative estimate of drug-likeness (QED) is 0.832. The largest absolute Gasteiger partial charge is 0.480 e. The van der Waals surface area contributed by atoms with Crippen LogP contribution in [0.15, 0.2) is 0 Å². The Morgan fingerprint density at radius 1 is 1.15 bits per heavy atom. The minimum atomic E-state index is -0.927. The third-order valence-electron chi connectivity index (χ3n) is 4.60. The lowest BCUT2D eigenvalue weighted by molar-refractivity contribution is -0.138. The van der Waals surface area contributed by atoms with Gasteiger partial charge in [0.2, 0.25) is 0 Å². The van der Waals surface area contributed by atoms with Gasteiger partial charge in [-0.25, -0.2) is 4.79 Å². The van der Waals surface area contributed by atoms with Crippen molar-refractivity contribution in [2.24, 2.45) is 5.92 Å². The van der Waals surface area contributed by atoms with Crippen LogP contribution in [0, 0.1) is 5.92 Å². The van der Waals surface area contributed by atoms with E-state index in [1.165, 1.54) is 11.3 Å². The Bertz CT molecular complexity index is 353. The van der Waals surface area contributed by atoms with Crippen LogP contribution in [-0.2, 0) is 4.79 Å². The number of carbonyl (C=O) groups excluding carboxylic acids is 1. The Balaban J connectivity index is 1.92. The van der Waals surface area contributed by atoms with E-state index < -0.39 is 5.97 Å². The van der Waals surface area contributed by atoms with Crippen molar-refractivity contribution in [3.63, 3.8) is 0 Å². The molecule has 0 heterocycles. The summed E-state index contributed by atoms with van der Waals surface area (Å²) >= 11 is 0. The third-order valence-corrected chi connectivity index (χ3v) is 4.60. The fourth-order valence-corrected chi connectivity index (χ4v) is 3.55. The first kappa shape index (κ1) is 15.1. The molecule has 2 amide bonds. The predicted octanol–water partition coefficient (Wildman–Crippen LogP) is 2.60. The Morgan fingerprint density at radius 3 is 2.45 bits per heavy atom. The Hall–Kier alpha value is -1.26. The Labute approximate surface area is 120 Å². The Kier molecular flexibility index (Phi) is 5.26. The van der Waals surface area contributed by atoms with Gasteiger partial charge in [0.25, 0.3) is 0 Å². The first-order valence-corrected chi connectivity index (χ1v) is 7.85. The highest BCUT2D eigenvalue weighted by Crippen LogP contribution is 2.26. The van der Waals surface area contributed by atoms with Crippen LogP contribution in [0.5, 0.6) is 0 Å². The zero-order valence-electron chi connectivity index (χ0n) is 12.3. The van der Waals surface area contributed by atoms with Crippen molar-refractivity contribution in [1.29, 1.82) is 0 Å². The maximum absolute atomic E-state index is 12.4. The van der Waals surface area contributed by atoms with Crippen LogP contribution in [0.3, 0.4) is 0 Å². The van der Waals surface area contributed by atoms with Gasteiger partial charge in [-0.05, 0) is 31.6 Å². The van der Waals surface area contributed by atoms with Crippen LogP contribution in [0.2, 0.25) is 0 Å². The number of carbonyl (C=O) groups is 2. The molecule has 2 N–H and O–H groups in total. The van der Waals surface area contributed by atoms with Gasteiger partial charge >= 0.3 is 12.0 Å². The number of urea groups is 1. The van der Waals surface area contributed by atoms with Crippen LogP contribution >= 0.6 is 0 Å². The van der Waals surface area contributed by atoms with Gasteiger partial charge in [-0.1, -0.05) is 32.6 Å². The highest BCUT2D eigenvalue weighted by atomic mass is 16.4. The lowest BCUT2D eigenvalue weighted by atomic mass is 9.87. The molecule has 0 radical (unpaired) electrons. The molecule has 2 saturated carbocycles. The van der Waals surface area contributed by atoms with E-state index in [4.69, 9.17) is 5.11 Å². The van der Waals surface area contributed by atoms with Gasteiger partial charge in [0.1, 0.15) is 6.54 Å². The topological polar surface area (TPSA) is 69.6 Å². The molecule has 114 valence electrons. The van der Waals surface area contributed by atoms with Gasteiger partial charge in [-0.2, -0.15) is 0 Å². The molecule has 2 atom stereocenters. The molecule has 2 rings (SSSR count). The van der Waals surface area contributed by atoms with Gasteiger partial charge in [-0.15, -0.1) is 0 Å². The van der Waals surface area contributed by atoms with Crippen LogP contribution in [0.25, 0.3) is 0 Å². The molecule has 5 nitrogen and oxygen atoms in total. The summed E-state index contributed by atoms with van der Waals surface area (Å²) in [6.45, 7) is 2.03. The highest BCUT2D eigenvalue weighted by molar-refractivity contribution is 5.80. The van der Waals surface area contributed by atoms with Crippen molar-refractivity contribution >= 4 is 12.0 Å². The SMILES string of the molecule is CC1CCCC(NC(=O)N(CC(=O)O)C2CCCC2)C1. The second-order valence-corrected chi connectivity index (χ2v) is 6.38. The number of rotatable bonds is 4. The van der Waals surface area contributed by atoms with Crippen molar-refractivity contribution in [2.45, 2.75) is 70.4 Å². The number of carboxylic acid groups (broad SMARTS) is 1. The standard InChI is InChI=1S/C15H26N2O3/c1-11-5-4-6-12(9-11)16-15(20)17(10-14(18)19)13-7-2-3-8-13/h11-13H,2-10H2,1H3,(H,16,20)(H,18,19). The molecule has 0 aromatic carbocycles. The van der Waals surface area contributed by atoms with Gasteiger partial charge < -0.3 is 15.3 Å². The monoisotopic (exact) mass is 282 g/mol. The normalized spacial score (nSPS) is 27.2. The van der Waals surface area contributed by atoms with Gasteiger partial charge in [0, 0.05) is 12.1 Å². The number of hydrogen-bond donors (Lipinski definition) is 2. The first-order chi connectivity index (χ1) is 9.56. The smallest absolute Gasteiger partial charge is 0.323 e. The maximum atomic E-state index is 12.4. The van der Waals surface area contributed by atoms with Gasteiger partial charge in [0.15, 0.2) is 0 Å². The zero-order chi connectivity index (χ0) is 14.5. The Morgan fingerprint density at radius 2 is 1.85 bits per heavy atom. The van der Waals surface area contributed by atoms with Crippen molar-refractivity contribution in [1.82, 2.24) is 10.2 Å². The summed E-state index contributed by atoms with van der Waals surface area (Å²) in [5.74, 6) is -0.280. The summed E-state index contributed by atoms with van der Waals surface area (Å²) < 4.78 is 0. The van der Waals surface area contributed by atoms with Crippen molar-refractivity contribution < 1.29 is 14.7 Å². The van der Waals surface area contributed by atoms with Crippen molar-refractivity contribution in [3.05, 3.63) is 0 Å². The van der Waals surface area contributed by atoms with Crippen LogP contribution in [0.1, 0.15) is 58.3 Å². The number of amides is 2. The minimum absolute atomic E-state index is 0.104. The summed E-state index contributed by atoms with van der Waals surface area (Å²) in [5.41, 5.74) is 0. The number of nitrogens with one attached hydrogen (secondary N) is 1. The highest BCUT2D eigenvalue weighted by Gasteiger charge is 2.30. The molecule has 20 heavy (non-hydrogen) atoms. The molecule has 2 unspecified atom stereocenters. The van der Waals surface area contributed by atoms with E-state index in [-0.39, 0.29) is 24.7 Å². The van der Waals surface area contributed by atoms with E-state index in [2.05, 4.69) is 12.2 Å². The number of carboxylic acids is 1. The molecule has 0 aromatic rings. The summed E-state index contributed by atoms with van der Waals surface area (Å²) in [4.78, 5) is 24.9. The molecular weight excluding hydrogens is 256 g/mol. The molecule has 0 aromatic heterocycles. The van der Waals surface area contributed by atoms with Crippen LogP contribution in [-0.4, -0.2) is 40.6 Å². The number of aliphatic carboxylic acids is 1. The number of nitrogens with zero attached hydrogens (tertiary/aromatic N) is 1. The summed E-state index contributed by atoms with van der Waals surface area (Å²) in [7, 11) is 0. The average Bonchev–Trinajstić information content (AvgIpc) is 2.89. The van der Waals surface area contributed by atoms with E-state index in [9.17, 15) is 9.59 Å². The second kappa shape index (κ2) is 6.95. The van der Waals surface area contributed by atoms with E-state index in [1.807, 2.05) is 0 Å². The lowest BCUT2D eigenvalue weighted by Crippen LogP contribution is -2.51. The average molecular weight is 282 g/mol. The van der Waals surface area contributed by atoms with E-state index in [0.717, 1.165) is 44.9 Å². The first-order valence-electron chi connectivity index (χ1n) is 7.85. The van der Waals surface area contributed by atoms with E-state index >= 15 is 0 Å². The molecule has 0 aliphatic heterocycles. The predicted molar refractivity (Wildman–Crippen MR) is 76.5 cm³/mol. The lowest BCUT2D eigenvalue weighted by Gasteiger charge is -2.32. The molecule has 0 spiro atoms. The van der Waals surface area contributed by atoms with Crippen LogP contribution < -0.4 is 5.32 Å². The molecular formula is C15H26N2O3. The van der Waals surface area contributed by atoms with Crippen molar-refractivity contribution in [3.8, 4) is 0 Å². The van der Waals surface area contributed by atoms with Crippen molar-refractivity contribution in [2.75, 3.05) is 6.54 Å². The fraction of sp³-hybridized carbons (Fsp3) is 0.867. The summed E-state index contributed by atoms with van der Waals surface area (Å²) in [6, 6.07) is 0.134. The zero-order valence-corrected chi connectivity index (χ0v) is 12.3. The molecule has 2 aliphatic carbocycles. The molecule has 2 aliphatic rings. The molecule has 0 bridgehead atoms. The second-order valence-electron chi connectivity index (χ2n) is 6.38. The molecule has 0 saturated heterocycles. The molecule has 2 fully saturated rings. The fourth-order valence-electron chi connectivity index (χ4n) is 3.55.